The predicted molar refractivity (Wildman–Crippen MR) is 73.2 cm³/mol. The molecule has 4 heteroatoms. The molecule has 0 aromatic carbocycles. The van der Waals surface area contributed by atoms with E-state index in [-0.39, 0.29) is 0 Å². The maximum Gasteiger partial charge on any atom is 0.133 e. The first-order valence-corrected chi connectivity index (χ1v) is 6.15. The lowest BCUT2D eigenvalue weighted by molar-refractivity contribution is 0.372. The highest BCUT2D eigenvalue weighted by Crippen LogP contribution is 2.19. The Hall–Kier alpha value is -1.13. The van der Waals surface area contributed by atoms with Gasteiger partial charge in [-0.15, -0.1) is 0 Å². The number of likely N-dealkylation sites (N-methyl/N-ethyl adjacent to an activating group) is 2. The van der Waals surface area contributed by atoms with E-state index in [1.807, 2.05) is 18.3 Å². The Morgan fingerprint density at radius 2 is 2.12 bits per heavy atom. The molecule has 2 N–H and O–H groups in total. The number of nitrogens with zero attached hydrogens (tertiary/aromatic N) is 3. The molecule has 0 saturated carbocycles. The van der Waals surface area contributed by atoms with Gasteiger partial charge in [0.15, 0.2) is 0 Å². The third-order valence-corrected chi connectivity index (χ3v) is 2.86. The van der Waals surface area contributed by atoms with Gasteiger partial charge in [-0.3, -0.25) is 0 Å². The van der Waals surface area contributed by atoms with Crippen LogP contribution < -0.4 is 10.6 Å². The fourth-order valence-corrected chi connectivity index (χ4v) is 2.15. The molecule has 0 aliphatic heterocycles. The minimum Gasteiger partial charge on any atom is -0.353 e. The Bertz CT molecular complexity index is 338. The SMILES string of the molecule is CCN(c1ncccc1CN)C(C)CN(C)C. The lowest BCUT2D eigenvalue weighted by Crippen LogP contribution is -2.41. The molecule has 0 amide bonds. The number of rotatable bonds is 6. The molecule has 96 valence electrons. The van der Waals surface area contributed by atoms with Gasteiger partial charge in [0.1, 0.15) is 5.82 Å². The van der Waals surface area contributed by atoms with E-state index < -0.39 is 0 Å². The number of hydrogen-bond donors (Lipinski definition) is 1. The van der Waals surface area contributed by atoms with E-state index in [0.717, 1.165) is 24.5 Å². The summed E-state index contributed by atoms with van der Waals surface area (Å²) in [5, 5.41) is 0. The van der Waals surface area contributed by atoms with Gasteiger partial charge in [0.2, 0.25) is 0 Å². The lowest BCUT2D eigenvalue weighted by Gasteiger charge is -2.32. The number of anilines is 1. The van der Waals surface area contributed by atoms with Crippen molar-refractivity contribution in [3.8, 4) is 0 Å². The molecule has 17 heavy (non-hydrogen) atoms. The topological polar surface area (TPSA) is 45.4 Å². The molecular formula is C13H24N4. The number of nitrogens with two attached hydrogens (primary N) is 1. The zero-order valence-electron chi connectivity index (χ0n) is 11.3. The molecule has 0 spiro atoms. The monoisotopic (exact) mass is 236 g/mol. The van der Waals surface area contributed by atoms with Gasteiger partial charge in [-0.1, -0.05) is 6.07 Å². The van der Waals surface area contributed by atoms with Crippen LogP contribution in [0, 0.1) is 0 Å². The van der Waals surface area contributed by atoms with Crippen LogP contribution in [0.2, 0.25) is 0 Å². The largest absolute Gasteiger partial charge is 0.353 e. The first kappa shape index (κ1) is 13.9. The van der Waals surface area contributed by atoms with Crippen molar-refractivity contribution in [1.82, 2.24) is 9.88 Å². The Kier molecular flexibility index (Phi) is 5.38. The fraction of sp³-hybridized carbons (Fsp3) is 0.615. The third kappa shape index (κ3) is 3.68. The highest BCUT2D eigenvalue weighted by atomic mass is 15.2. The van der Waals surface area contributed by atoms with E-state index >= 15 is 0 Å². The van der Waals surface area contributed by atoms with Crippen LogP contribution in [0.4, 0.5) is 5.82 Å². The molecule has 0 aliphatic carbocycles. The summed E-state index contributed by atoms with van der Waals surface area (Å²) < 4.78 is 0. The van der Waals surface area contributed by atoms with E-state index in [0.29, 0.717) is 12.6 Å². The molecule has 0 bridgehead atoms. The van der Waals surface area contributed by atoms with E-state index in [4.69, 9.17) is 5.73 Å². The Balaban J connectivity index is 2.92. The summed E-state index contributed by atoms with van der Waals surface area (Å²) in [6.45, 7) is 6.86. The summed E-state index contributed by atoms with van der Waals surface area (Å²) in [5.74, 6) is 1.02. The molecule has 0 aliphatic rings. The molecule has 0 saturated heterocycles. The molecular weight excluding hydrogens is 212 g/mol. The summed E-state index contributed by atoms with van der Waals surface area (Å²) in [6, 6.07) is 4.42. The second-order valence-electron chi connectivity index (χ2n) is 4.59. The number of hydrogen-bond acceptors (Lipinski definition) is 4. The molecule has 1 unspecified atom stereocenters. The van der Waals surface area contributed by atoms with Gasteiger partial charge in [-0.2, -0.15) is 0 Å². The molecule has 1 atom stereocenters. The zero-order valence-corrected chi connectivity index (χ0v) is 11.3. The van der Waals surface area contributed by atoms with Crippen molar-refractivity contribution in [3.63, 3.8) is 0 Å². The Morgan fingerprint density at radius 1 is 1.41 bits per heavy atom. The van der Waals surface area contributed by atoms with Gasteiger partial charge in [-0.05, 0) is 34.0 Å². The van der Waals surface area contributed by atoms with Crippen molar-refractivity contribution in [2.75, 3.05) is 32.1 Å². The van der Waals surface area contributed by atoms with Crippen LogP contribution in [0.1, 0.15) is 19.4 Å². The molecule has 1 aromatic heterocycles. The standard InChI is InChI=1S/C13H24N4/c1-5-17(11(2)10-16(3)4)13-12(9-14)7-6-8-15-13/h6-8,11H,5,9-10,14H2,1-4H3. The van der Waals surface area contributed by atoms with E-state index in [1.54, 1.807) is 0 Å². The van der Waals surface area contributed by atoms with Crippen molar-refractivity contribution in [3.05, 3.63) is 23.9 Å². The predicted octanol–water partition coefficient (Wildman–Crippen LogP) is 1.32. The molecule has 0 radical (unpaired) electrons. The first-order valence-electron chi connectivity index (χ1n) is 6.15. The highest BCUT2D eigenvalue weighted by Gasteiger charge is 2.16. The van der Waals surface area contributed by atoms with Crippen LogP contribution in [0.15, 0.2) is 18.3 Å². The Labute approximate surface area is 104 Å². The van der Waals surface area contributed by atoms with Crippen molar-refractivity contribution >= 4 is 5.82 Å². The van der Waals surface area contributed by atoms with Crippen LogP contribution in [0.25, 0.3) is 0 Å². The van der Waals surface area contributed by atoms with Crippen LogP contribution in [-0.2, 0) is 6.54 Å². The molecule has 1 rings (SSSR count). The van der Waals surface area contributed by atoms with Gasteiger partial charge < -0.3 is 15.5 Å². The van der Waals surface area contributed by atoms with Crippen LogP contribution in [0.3, 0.4) is 0 Å². The maximum absolute atomic E-state index is 5.77. The minimum absolute atomic E-state index is 0.426. The van der Waals surface area contributed by atoms with Crippen LogP contribution in [-0.4, -0.2) is 43.1 Å². The zero-order chi connectivity index (χ0) is 12.8. The summed E-state index contributed by atoms with van der Waals surface area (Å²) >= 11 is 0. The van der Waals surface area contributed by atoms with E-state index in [2.05, 4.69) is 42.7 Å². The lowest BCUT2D eigenvalue weighted by atomic mass is 10.2. The van der Waals surface area contributed by atoms with Crippen LogP contribution in [0.5, 0.6) is 0 Å². The summed E-state index contributed by atoms with van der Waals surface area (Å²) in [7, 11) is 4.18. The van der Waals surface area contributed by atoms with Crippen molar-refractivity contribution in [2.45, 2.75) is 26.4 Å². The minimum atomic E-state index is 0.426. The van der Waals surface area contributed by atoms with Crippen molar-refractivity contribution in [2.24, 2.45) is 5.73 Å². The molecule has 4 nitrogen and oxygen atoms in total. The van der Waals surface area contributed by atoms with E-state index in [1.165, 1.54) is 0 Å². The summed E-state index contributed by atoms with van der Waals surface area (Å²) in [4.78, 5) is 8.98. The van der Waals surface area contributed by atoms with Gasteiger partial charge in [0.25, 0.3) is 0 Å². The number of aromatic nitrogens is 1. The van der Waals surface area contributed by atoms with Gasteiger partial charge in [-0.25, -0.2) is 4.98 Å². The Morgan fingerprint density at radius 3 is 2.65 bits per heavy atom. The average Bonchev–Trinajstić information content (AvgIpc) is 2.29. The van der Waals surface area contributed by atoms with Gasteiger partial charge in [0, 0.05) is 37.4 Å². The van der Waals surface area contributed by atoms with Gasteiger partial charge in [0.05, 0.1) is 0 Å². The second kappa shape index (κ2) is 6.57. The van der Waals surface area contributed by atoms with Crippen LogP contribution >= 0.6 is 0 Å². The molecule has 0 fully saturated rings. The number of pyridine rings is 1. The first-order chi connectivity index (χ1) is 8.10. The molecule has 1 heterocycles. The normalized spacial score (nSPS) is 12.8. The third-order valence-electron chi connectivity index (χ3n) is 2.86. The van der Waals surface area contributed by atoms with Gasteiger partial charge >= 0.3 is 0 Å². The quantitative estimate of drug-likeness (QED) is 0.809. The average molecular weight is 236 g/mol. The smallest absolute Gasteiger partial charge is 0.133 e. The second-order valence-corrected chi connectivity index (χ2v) is 4.59. The van der Waals surface area contributed by atoms with Crippen molar-refractivity contribution in [1.29, 1.82) is 0 Å². The molecule has 1 aromatic rings. The maximum atomic E-state index is 5.77. The fourth-order valence-electron chi connectivity index (χ4n) is 2.15. The summed E-state index contributed by atoms with van der Waals surface area (Å²) in [6.07, 6.45) is 1.83. The highest BCUT2D eigenvalue weighted by molar-refractivity contribution is 5.47. The van der Waals surface area contributed by atoms with Crippen molar-refractivity contribution < 1.29 is 0 Å². The van der Waals surface area contributed by atoms with E-state index in [9.17, 15) is 0 Å². The summed E-state index contributed by atoms with van der Waals surface area (Å²) in [5.41, 5.74) is 6.88.